The van der Waals surface area contributed by atoms with Crippen LogP contribution >= 0.6 is 0 Å². The quantitative estimate of drug-likeness (QED) is 0.325. The lowest BCUT2D eigenvalue weighted by molar-refractivity contribution is 0.431. The van der Waals surface area contributed by atoms with Gasteiger partial charge < -0.3 is 4.90 Å². The van der Waals surface area contributed by atoms with Crippen LogP contribution in [0.15, 0.2) is 4.99 Å². The highest BCUT2D eigenvalue weighted by Gasteiger charge is 2.14. The average molecular weight is 208 g/mol. The van der Waals surface area contributed by atoms with E-state index in [2.05, 4.69) is 17.2 Å². The van der Waals surface area contributed by atoms with Crippen LogP contribution in [0.3, 0.4) is 0 Å². The monoisotopic (exact) mass is 208 g/mol. The fourth-order valence-electron chi connectivity index (χ4n) is 1.81. The zero-order chi connectivity index (χ0) is 11.1. The van der Waals surface area contributed by atoms with Crippen LogP contribution in [-0.2, 0) is 0 Å². The molecule has 1 saturated carbocycles. The van der Waals surface area contributed by atoms with Crippen LogP contribution in [0.5, 0.6) is 0 Å². The first-order valence-electron chi connectivity index (χ1n) is 5.72. The summed E-state index contributed by atoms with van der Waals surface area (Å²) < 4.78 is 0. The van der Waals surface area contributed by atoms with E-state index in [4.69, 9.17) is 5.26 Å². The minimum Gasteiger partial charge on any atom is -0.346 e. The molecule has 0 radical (unpaired) electrons. The van der Waals surface area contributed by atoms with Gasteiger partial charge in [0.25, 0.3) is 0 Å². The third kappa shape index (κ3) is 3.78. The molecule has 0 atom stereocenters. The van der Waals surface area contributed by atoms with E-state index in [9.17, 15) is 0 Å². The summed E-state index contributed by atoms with van der Waals surface area (Å²) in [6.45, 7) is 2.91. The largest absolute Gasteiger partial charge is 0.346 e. The predicted molar refractivity (Wildman–Crippen MR) is 61.4 cm³/mol. The van der Waals surface area contributed by atoms with E-state index in [0.717, 1.165) is 19.4 Å². The molecule has 1 aliphatic rings. The Kier molecular flexibility index (Phi) is 4.96. The van der Waals surface area contributed by atoms with Gasteiger partial charge in [-0.15, -0.1) is 0 Å². The summed E-state index contributed by atoms with van der Waals surface area (Å²) in [4.78, 5) is 6.58. The first kappa shape index (κ1) is 11.8. The molecule has 0 aromatic carbocycles. The van der Waals surface area contributed by atoms with Crippen LogP contribution < -0.4 is 5.32 Å². The summed E-state index contributed by atoms with van der Waals surface area (Å²) in [5, 5.41) is 11.3. The molecule has 84 valence electrons. The van der Waals surface area contributed by atoms with Crippen LogP contribution in [0.25, 0.3) is 0 Å². The highest BCUT2D eigenvalue weighted by Crippen LogP contribution is 2.20. The maximum absolute atomic E-state index is 8.64. The van der Waals surface area contributed by atoms with Gasteiger partial charge in [0.15, 0.2) is 6.19 Å². The number of hydrogen-bond acceptors (Lipinski definition) is 2. The molecule has 0 bridgehead atoms. The fourth-order valence-corrected chi connectivity index (χ4v) is 1.81. The molecule has 4 nitrogen and oxygen atoms in total. The summed E-state index contributed by atoms with van der Waals surface area (Å²) in [6.07, 6.45) is 8.14. The van der Waals surface area contributed by atoms with Crippen molar-refractivity contribution in [3.8, 4) is 6.19 Å². The summed E-state index contributed by atoms with van der Waals surface area (Å²) in [7, 11) is 1.95. The molecule has 0 aliphatic heterocycles. The van der Waals surface area contributed by atoms with Gasteiger partial charge >= 0.3 is 0 Å². The molecule has 1 fully saturated rings. The van der Waals surface area contributed by atoms with Gasteiger partial charge in [-0.2, -0.15) is 5.26 Å². The highest BCUT2D eigenvalue weighted by molar-refractivity contribution is 5.81. The fraction of sp³-hybridized carbons (Fsp3) is 0.818. The van der Waals surface area contributed by atoms with Crippen molar-refractivity contribution in [1.29, 1.82) is 5.26 Å². The zero-order valence-electron chi connectivity index (χ0n) is 9.66. The second kappa shape index (κ2) is 6.28. The van der Waals surface area contributed by atoms with Gasteiger partial charge in [0.05, 0.1) is 6.04 Å². The van der Waals surface area contributed by atoms with Gasteiger partial charge in [-0.05, 0) is 19.8 Å². The van der Waals surface area contributed by atoms with E-state index < -0.39 is 0 Å². The van der Waals surface area contributed by atoms with E-state index >= 15 is 0 Å². The van der Waals surface area contributed by atoms with Crippen LogP contribution in [-0.4, -0.2) is 30.5 Å². The molecule has 1 aliphatic carbocycles. The molecule has 0 aromatic heterocycles. The summed E-state index contributed by atoms with van der Waals surface area (Å²) in [6, 6.07) is 0.406. The Balaban J connectivity index is 2.60. The highest BCUT2D eigenvalue weighted by atomic mass is 15.3. The molecule has 0 spiro atoms. The average Bonchev–Trinajstić information content (AvgIpc) is 2.29. The molecule has 1 N–H and O–H groups in total. The second-order valence-electron chi connectivity index (χ2n) is 4.00. The number of nitrogens with one attached hydrogen (secondary N) is 1. The normalized spacial score (nSPS) is 18.3. The number of nitrogens with zero attached hydrogens (tertiary/aromatic N) is 3. The van der Waals surface area contributed by atoms with Crippen molar-refractivity contribution in [1.82, 2.24) is 10.2 Å². The maximum Gasteiger partial charge on any atom is 0.207 e. The molecular formula is C11H20N4. The Labute approximate surface area is 92.0 Å². The molecule has 0 aromatic rings. The van der Waals surface area contributed by atoms with Crippen molar-refractivity contribution in [2.75, 3.05) is 13.6 Å². The molecule has 0 unspecified atom stereocenters. The Bertz CT molecular complexity index is 248. The lowest BCUT2D eigenvalue weighted by atomic mass is 9.96. The zero-order valence-corrected chi connectivity index (χ0v) is 9.66. The standard InChI is InChI=1S/C11H20N4/c1-3-15(2)11(13-9-12)14-10-7-5-4-6-8-10/h10H,3-8H2,1-2H3,(H,13,14). The van der Waals surface area contributed by atoms with Crippen LogP contribution in [0, 0.1) is 11.5 Å². The number of guanidine groups is 1. The van der Waals surface area contributed by atoms with Crippen molar-refractivity contribution in [3.05, 3.63) is 0 Å². The lowest BCUT2D eigenvalue weighted by Crippen LogP contribution is -2.37. The van der Waals surface area contributed by atoms with E-state index in [1.165, 1.54) is 19.3 Å². The molecule has 15 heavy (non-hydrogen) atoms. The van der Waals surface area contributed by atoms with E-state index in [1.54, 1.807) is 0 Å². The maximum atomic E-state index is 8.64. The summed E-state index contributed by atoms with van der Waals surface area (Å²) >= 11 is 0. The van der Waals surface area contributed by atoms with Crippen LogP contribution in [0.1, 0.15) is 39.0 Å². The number of rotatable bonds is 2. The Morgan fingerprint density at radius 2 is 2.13 bits per heavy atom. The molecule has 0 amide bonds. The lowest BCUT2D eigenvalue weighted by Gasteiger charge is -2.22. The van der Waals surface area contributed by atoms with E-state index in [1.807, 2.05) is 18.1 Å². The molecule has 0 heterocycles. The van der Waals surface area contributed by atoms with Crippen LogP contribution in [0.4, 0.5) is 0 Å². The van der Waals surface area contributed by atoms with Crippen molar-refractivity contribution in [2.24, 2.45) is 4.99 Å². The Morgan fingerprint density at radius 3 is 2.67 bits per heavy atom. The van der Waals surface area contributed by atoms with E-state index in [0.29, 0.717) is 12.0 Å². The van der Waals surface area contributed by atoms with Gasteiger partial charge in [-0.25, -0.2) is 4.99 Å². The molecule has 0 saturated heterocycles. The minimum atomic E-state index is 0.406. The first-order valence-corrected chi connectivity index (χ1v) is 5.72. The molecule has 1 rings (SSSR count). The van der Waals surface area contributed by atoms with Crippen molar-refractivity contribution in [3.63, 3.8) is 0 Å². The first-order chi connectivity index (χ1) is 7.27. The minimum absolute atomic E-state index is 0.406. The SMILES string of the molecule is CCN(C)C(=NC1CCCCC1)NC#N. The Hall–Kier alpha value is -1.24. The van der Waals surface area contributed by atoms with Crippen molar-refractivity contribution in [2.45, 2.75) is 45.1 Å². The number of nitriles is 1. The van der Waals surface area contributed by atoms with Gasteiger partial charge in [-0.3, -0.25) is 5.32 Å². The smallest absolute Gasteiger partial charge is 0.207 e. The van der Waals surface area contributed by atoms with Gasteiger partial charge in [-0.1, -0.05) is 19.3 Å². The van der Waals surface area contributed by atoms with Gasteiger partial charge in [0.2, 0.25) is 5.96 Å². The third-order valence-corrected chi connectivity index (χ3v) is 2.88. The second-order valence-corrected chi connectivity index (χ2v) is 4.00. The topological polar surface area (TPSA) is 51.4 Å². The van der Waals surface area contributed by atoms with Crippen LogP contribution in [0.2, 0.25) is 0 Å². The number of aliphatic imine (C=N–C) groups is 1. The third-order valence-electron chi connectivity index (χ3n) is 2.88. The summed E-state index contributed by atoms with van der Waals surface area (Å²) in [5.41, 5.74) is 0. The van der Waals surface area contributed by atoms with Crippen molar-refractivity contribution < 1.29 is 0 Å². The van der Waals surface area contributed by atoms with Gasteiger partial charge in [0, 0.05) is 13.6 Å². The summed E-state index contributed by atoms with van der Waals surface area (Å²) in [5.74, 6) is 0.715. The molecular weight excluding hydrogens is 188 g/mol. The van der Waals surface area contributed by atoms with Crippen molar-refractivity contribution >= 4 is 5.96 Å². The van der Waals surface area contributed by atoms with E-state index in [-0.39, 0.29) is 0 Å². The van der Waals surface area contributed by atoms with Gasteiger partial charge in [0.1, 0.15) is 0 Å². The number of hydrogen-bond donors (Lipinski definition) is 1. The Morgan fingerprint density at radius 1 is 1.47 bits per heavy atom. The predicted octanol–water partition coefficient (Wildman–Crippen LogP) is 1.70. The molecule has 4 heteroatoms.